The van der Waals surface area contributed by atoms with Crippen molar-refractivity contribution in [3.8, 4) is 0 Å². The first-order valence-corrected chi connectivity index (χ1v) is 8.73. The average molecular weight is 418 g/mol. The zero-order valence-corrected chi connectivity index (χ0v) is 15.6. The van der Waals surface area contributed by atoms with Gasteiger partial charge in [0.15, 0.2) is 0 Å². The lowest BCUT2D eigenvalue weighted by atomic mass is 10.0. The molecule has 1 unspecified atom stereocenters. The summed E-state index contributed by atoms with van der Waals surface area (Å²) < 4.78 is 3.27. The monoisotopic (exact) mass is 417 g/mol. The van der Waals surface area contributed by atoms with Crippen molar-refractivity contribution >= 4 is 34.2 Å². The van der Waals surface area contributed by atoms with Crippen LogP contribution in [0.2, 0.25) is 5.02 Å². The minimum absolute atomic E-state index is 0.240. The summed E-state index contributed by atoms with van der Waals surface area (Å²) in [6.45, 7) is 5.04. The highest BCUT2D eigenvalue weighted by atomic mass is 127. The van der Waals surface area contributed by atoms with E-state index in [-0.39, 0.29) is 6.04 Å². The Balaban J connectivity index is 2.32. The summed E-state index contributed by atoms with van der Waals surface area (Å²) in [5.74, 6) is 0. The summed E-state index contributed by atoms with van der Waals surface area (Å²) >= 11 is 8.86. The number of aryl methyl sites for hydroxylation is 2. The number of aromatic nitrogens is 2. The van der Waals surface area contributed by atoms with E-state index in [1.807, 2.05) is 11.7 Å². The second-order valence-electron chi connectivity index (χ2n) is 4.98. The number of halogens is 2. The lowest BCUT2D eigenvalue weighted by Gasteiger charge is -2.18. The van der Waals surface area contributed by atoms with Gasteiger partial charge in [0, 0.05) is 22.6 Å². The largest absolute Gasteiger partial charge is 0.313 e. The van der Waals surface area contributed by atoms with Crippen molar-refractivity contribution in [2.45, 2.75) is 39.3 Å². The van der Waals surface area contributed by atoms with Crippen LogP contribution in [0.25, 0.3) is 0 Å². The van der Waals surface area contributed by atoms with Crippen molar-refractivity contribution in [1.82, 2.24) is 15.1 Å². The van der Waals surface area contributed by atoms with Crippen LogP contribution < -0.4 is 5.32 Å². The van der Waals surface area contributed by atoms with Gasteiger partial charge in [-0.2, -0.15) is 5.10 Å². The molecule has 0 bridgehead atoms. The van der Waals surface area contributed by atoms with Crippen molar-refractivity contribution in [1.29, 1.82) is 0 Å². The summed E-state index contributed by atoms with van der Waals surface area (Å²) in [7, 11) is 1.99. The topological polar surface area (TPSA) is 29.9 Å². The molecule has 0 saturated carbocycles. The van der Waals surface area contributed by atoms with E-state index in [0.29, 0.717) is 0 Å². The molecule has 3 nitrogen and oxygen atoms in total. The zero-order valence-electron chi connectivity index (χ0n) is 12.7. The molecule has 5 heteroatoms. The van der Waals surface area contributed by atoms with E-state index in [9.17, 15) is 0 Å². The molecule has 1 atom stereocenters. The van der Waals surface area contributed by atoms with Crippen molar-refractivity contribution < 1.29 is 0 Å². The Morgan fingerprint density at radius 3 is 2.71 bits per heavy atom. The molecule has 1 aromatic carbocycles. The Morgan fingerprint density at radius 1 is 1.38 bits per heavy atom. The van der Waals surface area contributed by atoms with Gasteiger partial charge in [-0.1, -0.05) is 30.7 Å². The molecule has 0 spiro atoms. The second-order valence-corrected chi connectivity index (χ2v) is 6.60. The average Bonchev–Trinajstić information content (AvgIpc) is 2.80. The standard InChI is InChI=1S/C16H21ClIN3/c1-4-13-16(17)15(21(5-2)20-13)10-14(19-3)11-7-6-8-12(18)9-11/h6-9,14,19H,4-5,10H2,1-3H3. The Morgan fingerprint density at radius 2 is 2.14 bits per heavy atom. The molecular formula is C16H21ClIN3. The van der Waals surface area contributed by atoms with E-state index in [1.54, 1.807) is 0 Å². The van der Waals surface area contributed by atoms with Crippen LogP contribution in [0.1, 0.15) is 36.8 Å². The van der Waals surface area contributed by atoms with Crippen LogP contribution in [0.4, 0.5) is 0 Å². The maximum absolute atomic E-state index is 6.52. The van der Waals surface area contributed by atoms with Crippen LogP contribution in [0.3, 0.4) is 0 Å². The molecule has 0 fully saturated rings. The highest BCUT2D eigenvalue weighted by Gasteiger charge is 2.19. The third kappa shape index (κ3) is 3.79. The van der Waals surface area contributed by atoms with Crippen LogP contribution in [-0.2, 0) is 19.4 Å². The van der Waals surface area contributed by atoms with Gasteiger partial charge in [0.2, 0.25) is 0 Å². The smallest absolute Gasteiger partial charge is 0.0850 e. The minimum atomic E-state index is 0.240. The Kier molecular flexibility index (Phi) is 6.08. The summed E-state index contributed by atoms with van der Waals surface area (Å²) in [5.41, 5.74) is 3.39. The molecule has 1 aromatic heterocycles. The number of nitrogens with one attached hydrogen (secondary N) is 1. The minimum Gasteiger partial charge on any atom is -0.313 e. The third-order valence-electron chi connectivity index (χ3n) is 3.69. The molecule has 1 heterocycles. The predicted octanol–water partition coefficient (Wildman–Crippen LogP) is 4.23. The predicted molar refractivity (Wildman–Crippen MR) is 97.0 cm³/mol. The number of benzene rings is 1. The van der Waals surface area contributed by atoms with Gasteiger partial charge in [-0.3, -0.25) is 4.68 Å². The van der Waals surface area contributed by atoms with E-state index < -0.39 is 0 Å². The Hall–Kier alpha value is -0.590. The number of likely N-dealkylation sites (N-methyl/N-ethyl adjacent to an activating group) is 1. The first-order chi connectivity index (χ1) is 10.1. The van der Waals surface area contributed by atoms with Gasteiger partial charge in [-0.15, -0.1) is 0 Å². The van der Waals surface area contributed by atoms with Gasteiger partial charge < -0.3 is 5.32 Å². The Labute approximate surface area is 145 Å². The summed E-state index contributed by atoms with van der Waals surface area (Å²) in [6.07, 6.45) is 1.71. The highest BCUT2D eigenvalue weighted by molar-refractivity contribution is 14.1. The van der Waals surface area contributed by atoms with Crippen LogP contribution in [-0.4, -0.2) is 16.8 Å². The summed E-state index contributed by atoms with van der Waals surface area (Å²) in [6, 6.07) is 8.81. The fourth-order valence-electron chi connectivity index (χ4n) is 2.52. The normalized spacial score (nSPS) is 12.6. The molecule has 0 aliphatic heterocycles. The molecule has 0 amide bonds. The van der Waals surface area contributed by atoms with Gasteiger partial charge >= 0.3 is 0 Å². The maximum Gasteiger partial charge on any atom is 0.0850 e. The molecule has 0 aliphatic carbocycles. The number of hydrogen-bond donors (Lipinski definition) is 1. The van der Waals surface area contributed by atoms with Crippen LogP contribution in [0.5, 0.6) is 0 Å². The zero-order chi connectivity index (χ0) is 15.4. The van der Waals surface area contributed by atoms with E-state index >= 15 is 0 Å². The lowest BCUT2D eigenvalue weighted by molar-refractivity contribution is 0.540. The number of hydrogen-bond acceptors (Lipinski definition) is 2. The van der Waals surface area contributed by atoms with E-state index in [4.69, 9.17) is 11.6 Å². The van der Waals surface area contributed by atoms with Gasteiger partial charge in [0.25, 0.3) is 0 Å². The second kappa shape index (κ2) is 7.61. The molecule has 114 valence electrons. The lowest BCUT2D eigenvalue weighted by Crippen LogP contribution is -2.20. The fraction of sp³-hybridized carbons (Fsp3) is 0.438. The number of nitrogens with zero attached hydrogens (tertiary/aromatic N) is 2. The molecule has 1 N–H and O–H groups in total. The molecule has 0 radical (unpaired) electrons. The third-order valence-corrected chi connectivity index (χ3v) is 4.80. The first-order valence-electron chi connectivity index (χ1n) is 7.27. The molecule has 2 rings (SSSR count). The number of rotatable bonds is 6. The van der Waals surface area contributed by atoms with Crippen molar-refractivity contribution in [2.75, 3.05) is 7.05 Å². The van der Waals surface area contributed by atoms with Crippen molar-refractivity contribution in [3.05, 3.63) is 49.8 Å². The van der Waals surface area contributed by atoms with Crippen LogP contribution in [0, 0.1) is 3.57 Å². The van der Waals surface area contributed by atoms with E-state index in [2.05, 4.69) is 71.1 Å². The molecule has 0 saturated heterocycles. The van der Waals surface area contributed by atoms with Gasteiger partial charge in [-0.05, 0) is 60.7 Å². The van der Waals surface area contributed by atoms with Gasteiger partial charge in [0.1, 0.15) is 0 Å². The summed E-state index contributed by atoms with van der Waals surface area (Å²) in [5, 5.41) is 8.82. The highest BCUT2D eigenvalue weighted by Crippen LogP contribution is 2.27. The van der Waals surface area contributed by atoms with Gasteiger partial charge in [0.05, 0.1) is 16.4 Å². The van der Waals surface area contributed by atoms with Gasteiger partial charge in [-0.25, -0.2) is 0 Å². The Bertz CT molecular complexity index is 610. The maximum atomic E-state index is 6.52. The van der Waals surface area contributed by atoms with Crippen LogP contribution >= 0.6 is 34.2 Å². The quantitative estimate of drug-likeness (QED) is 0.713. The fourth-order valence-corrected chi connectivity index (χ4v) is 3.43. The van der Waals surface area contributed by atoms with E-state index in [1.165, 1.54) is 9.13 Å². The first kappa shape index (κ1) is 16.8. The molecule has 2 aromatic rings. The SMILES string of the molecule is CCc1nn(CC)c(CC(NC)c2cccc(I)c2)c1Cl. The van der Waals surface area contributed by atoms with E-state index in [0.717, 1.165) is 35.8 Å². The van der Waals surface area contributed by atoms with Crippen molar-refractivity contribution in [3.63, 3.8) is 0 Å². The summed E-state index contributed by atoms with van der Waals surface area (Å²) in [4.78, 5) is 0. The van der Waals surface area contributed by atoms with Crippen molar-refractivity contribution in [2.24, 2.45) is 0 Å². The molecule has 0 aliphatic rings. The molecular weight excluding hydrogens is 397 g/mol. The van der Waals surface area contributed by atoms with Crippen LogP contribution in [0.15, 0.2) is 24.3 Å². The molecule has 21 heavy (non-hydrogen) atoms.